The third kappa shape index (κ3) is 10.7. The standard InChI is InChI=1S/C15H24BrNO3S/c16-14-8-10-15(11-9-14)20-12-6-4-2-1-3-5-7-13-21(17,18)19/h8-11H,1-7,12-13H2,(H2,17,18,19). The van der Waals surface area contributed by atoms with Crippen LogP contribution in [0, 0.1) is 0 Å². The summed E-state index contributed by atoms with van der Waals surface area (Å²) >= 11 is 3.39. The van der Waals surface area contributed by atoms with Crippen molar-refractivity contribution in [3.63, 3.8) is 0 Å². The molecule has 0 aliphatic heterocycles. The minimum Gasteiger partial charge on any atom is -0.494 e. The summed E-state index contributed by atoms with van der Waals surface area (Å²) in [5.74, 6) is 1.01. The highest BCUT2D eigenvalue weighted by Crippen LogP contribution is 2.16. The molecule has 21 heavy (non-hydrogen) atoms. The molecule has 0 heterocycles. The summed E-state index contributed by atoms with van der Waals surface area (Å²) in [5.41, 5.74) is 0. The van der Waals surface area contributed by atoms with Gasteiger partial charge < -0.3 is 4.74 Å². The van der Waals surface area contributed by atoms with Crippen molar-refractivity contribution >= 4 is 26.0 Å². The van der Waals surface area contributed by atoms with Crippen LogP contribution in [0.4, 0.5) is 0 Å². The van der Waals surface area contributed by atoms with Gasteiger partial charge in [-0.15, -0.1) is 0 Å². The van der Waals surface area contributed by atoms with E-state index in [1.807, 2.05) is 24.3 Å². The minimum absolute atomic E-state index is 0.105. The number of unbranched alkanes of at least 4 members (excludes halogenated alkanes) is 6. The van der Waals surface area contributed by atoms with Crippen LogP contribution in [0.25, 0.3) is 0 Å². The van der Waals surface area contributed by atoms with Gasteiger partial charge in [0, 0.05) is 4.47 Å². The van der Waals surface area contributed by atoms with Gasteiger partial charge in [0.2, 0.25) is 10.0 Å². The van der Waals surface area contributed by atoms with Crippen LogP contribution >= 0.6 is 15.9 Å². The Morgan fingerprint density at radius 2 is 1.43 bits per heavy atom. The molecule has 120 valence electrons. The molecule has 0 amide bonds. The maximum absolute atomic E-state index is 10.7. The lowest BCUT2D eigenvalue weighted by Gasteiger charge is -2.06. The zero-order valence-electron chi connectivity index (χ0n) is 12.3. The van der Waals surface area contributed by atoms with Crippen LogP contribution in [0.1, 0.15) is 44.9 Å². The number of primary sulfonamides is 1. The molecule has 0 fully saturated rings. The molecule has 0 saturated heterocycles. The smallest absolute Gasteiger partial charge is 0.209 e. The third-order valence-corrected chi connectivity index (χ3v) is 4.54. The van der Waals surface area contributed by atoms with Gasteiger partial charge in [0.05, 0.1) is 12.4 Å². The van der Waals surface area contributed by atoms with Crippen molar-refractivity contribution in [2.75, 3.05) is 12.4 Å². The van der Waals surface area contributed by atoms with Crippen LogP contribution in [-0.2, 0) is 10.0 Å². The van der Waals surface area contributed by atoms with Crippen molar-refractivity contribution in [2.24, 2.45) is 5.14 Å². The lowest BCUT2D eigenvalue weighted by molar-refractivity contribution is 0.304. The Morgan fingerprint density at radius 1 is 0.905 bits per heavy atom. The summed E-state index contributed by atoms with van der Waals surface area (Å²) in [5, 5.41) is 4.94. The van der Waals surface area contributed by atoms with Crippen molar-refractivity contribution in [3.8, 4) is 5.75 Å². The number of hydrogen-bond donors (Lipinski definition) is 1. The summed E-state index contributed by atoms with van der Waals surface area (Å²) in [6, 6.07) is 7.85. The lowest BCUT2D eigenvalue weighted by atomic mass is 10.1. The Hall–Kier alpha value is -0.590. The van der Waals surface area contributed by atoms with Crippen molar-refractivity contribution in [2.45, 2.75) is 44.9 Å². The van der Waals surface area contributed by atoms with E-state index in [1.54, 1.807) is 0 Å². The largest absolute Gasteiger partial charge is 0.494 e. The second kappa shape index (κ2) is 10.2. The fourth-order valence-electron chi connectivity index (χ4n) is 2.01. The molecule has 0 spiro atoms. The average molecular weight is 378 g/mol. The Labute approximate surface area is 136 Å². The molecule has 4 nitrogen and oxygen atoms in total. The van der Waals surface area contributed by atoms with Gasteiger partial charge in [-0.05, 0) is 37.1 Å². The molecule has 0 bridgehead atoms. The molecule has 0 radical (unpaired) electrons. The quantitative estimate of drug-likeness (QED) is 0.595. The molecule has 0 aliphatic rings. The molecule has 0 saturated carbocycles. The van der Waals surface area contributed by atoms with Gasteiger partial charge in [-0.2, -0.15) is 0 Å². The summed E-state index contributed by atoms with van der Waals surface area (Å²) < 4.78 is 28.2. The molecule has 1 aromatic rings. The van der Waals surface area contributed by atoms with Crippen molar-refractivity contribution in [1.82, 2.24) is 0 Å². The molecule has 2 N–H and O–H groups in total. The molecule has 0 atom stereocenters. The van der Waals surface area contributed by atoms with Gasteiger partial charge in [0.1, 0.15) is 5.75 Å². The summed E-state index contributed by atoms with van der Waals surface area (Å²) in [6.07, 6.45) is 7.18. The highest BCUT2D eigenvalue weighted by Gasteiger charge is 2.01. The lowest BCUT2D eigenvalue weighted by Crippen LogP contribution is -2.16. The van der Waals surface area contributed by atoms with Crippen molar-refractivity contribution in [3.05, 3.63) is 28.7 Å². The van der Waals surface area contributed by atoms with Crippen LogP contribution < -0.4 is 9.88 Å². The fourth-order valence-corrected chi connectivity index (χ4v) is 2.88. The highest BCUT2D eigenvalue weighted by atomic mass is 79.9. The predicted molar refractivity (Wildman–Crippen MR) is 89.9 cm³/mol. The van der Waals surface area contributed by atoms with Gasteiger partial charge in [0.25, 0.3) is 0 Å². The van der Waals surface area contributed by atoms with E-state index in [4.69, 9.17) is 9.88 Å². The molecule has 0 aromatic heterocycles. The van der Waals surface area contributed by atoms with E-state index in [2.05, 4.69) is 15.9 Å². The number of halogens is 1. The molecular weight excluding hydrogens is 354 g/mol. The first-order valence-corrected chi connectivity index (χ1v) is 9.87. The van der Waals surface area contributed by atoms with E-state index < -0.39 is 10.0 Å². The van der Waals surface area contributed by atoms with E-state index in [0.717, 1.165) is 48.9 Å². The Bertz CT molecular complexity index is 488. The molecule has 1 rings (SSSR count). The zero-order chi connectivity index (χ0) is 15.6. The SMILES string of the molecule is NS(=O)(=O)CCCCCCCCCOc1ccc(Br)cc1. The average Bonchev–Trinajstić information content (AvgIpc) is 2.42. The van der Waals surface area contributed by atoms with Gasteiger partial charge in [-0.25, -0.2) is 13.6 Å². The first-order chi connectivity index (χ1) is 9.97. The van der Waals surface area contributed by atoms with E-state index in [1.165, 1.54) is 6.42 Å². The van der Waals surface area contributed by atoms with Crippen molar-refractivity contribution in [1.29, 1.82) is 0 Å². The number of sulfonamides is 1. The predicted octanol–water partition coefficient (Wildman–Crippen LogP) is 3.85. The van der Waals surface area contributed by atoms with E-state index >= 15 is 0 Å². The maximum Gasteiger partial charge on any atom is 0.209 e. The van der Waals surface area contributed by atoms with Crippen LogP contribution in [0.5, 0.6) is 5.75 Å². The number of hydrogen-bond acceptors (Lipinski definition) is 3. The fraction of sp³-hybridized carbons (Fsp3) is 0.600. The van der Waals surface area contributed by atoms with Crippen LogP contribution in [0.3, 0.4) is 0 Å². The van der Waals surface area contributed by atoms with Crippen LogP contribution in [0.15, 0.2) is 28.7 Å². The monoisotopic (exact) mass is 377 g/mol. The van der Waals surface area contributed by atoms with Gasteiger partial charge >= 0.3 is 0 Å². The first-order valence-electron chi connectivity index (χ1n) is 7.36. The van der Waals surface area contributed by atoms with Crippen molar-refractivity contribution < 1.29 is 13.2 Å². The highest BCUT2D eigenvalue weighted by molar-refractivity contribution is 9.10. The zero-order valence-corrected chi connectivity index (χ0v) is 14.7. The Balaban J connectivity index is 1.90. The third-order valence-electron chi connectivity index (χ3n) is 3.16. The second-order valence-corrected chi connectivity index (χ2v) is 7.79. The summed E-state index contributed by atoms with van der Waals surface area (Å²) in [6.45, 7) is 0.743. The summed E-state index contributed by atoms with van der Waals surface area (Å²) in [7, 11) is -3.28. The number of ether oxygens (including phenoxy) is 1. The van der Waals surface area contributed by atoms with E-state index in [0.29, 0.717) is 6.42 Å². The summed E-state index contributed by atoms with van der Waals surface area (Å²) in [4.78, 5) is 0. The van der Waals surface area contributed by atoms with E-state index in [-0.39, 0.29) is 5.75 Å². The molecule has 0 unspecified atom stereocenters. The molecule has 6 heteroatoms. The maximum atomic E-state index is 10.7. The molecule has 0 aliphatic carbocycles. The minimum atomic E-state index is -3.28. The van der Waals surface area contributed by atoms with Crippen LogP contribution in [0.2, 0.25) is 0 Å². The topological polar surface area (TPSA) is 69.4 Å². The number of nitrogens with two attached hydrogens (primary N) is 1. The Kier molecular flexibility index (Phi) is 8.96. The number of rotatable bonds is 11. The first kappa shape index (κ1) is 18.5. The van der Waals surface area contributed by atoms with Gasteiger partial charge in [-0.3, -0.25) is 0 Å². The Morgan fingerprint density at radius 3 is 2.00 bits per heavy atom. The molecular formula is C15H24BrNO3S. The normalized spacial score (nSPS) is 11.5. The van der Waals surface area contributed by atoms with Gasteiger partial charge in [0.15, 0.2) is 0 Å². The van der Waals surface area contributed by atoms with Gasteiger partial charge in [-0.1, -0.05) is 48.0 Å². The van der Waals surface area contributed by atoms with Crippen LogP contribution in [-0.4, -0.2) is 20.8 Å². The molecule has 1 aromatic carbocycles. The van der Waals surface area contributed by atoms with E-state index in [9.17, 15) is 8.42 Å². The second-order valence-electron chi connectivity index (χ2n) is 5.14. The number of benzene rings is 1.